The first kappa shape index (κ1) is 19.0. The molecule has 29 heavy (non-hydrogen) atoms. The summed E-state index contributed by atoms with van der Waals surface area (Å²) in [7, 11) is 0. The van der Waals surface area contributed by atoms with Crippen LogP contribution in [-0.2, 0) is 6.54 Å². The third-order valence-corrected chi connectivity index (χ3v) is 4.55. The highest BCUT2D eigenvalue weighted by atomic mass is 19.4. The predicted octanol–water partition coefficient (Wildman–Crippen LogP) is 4.41. The number of halogens is 3. The van der Waals surface area contributed by atoms with Crippen LogP contribution in [0.3, 0.4) is 0 Å². The number of rotatable bonds is 4. The second kappa shape index (κ2) is 7.61. The monoisotopic (exact) mass is 405 g/mol. The summed E-state index contributed by atoms with van der Waals surface area (Å²) in [4.78, 5) is 18.1. The van der Waals surface area contributed by atoms with Gasteiger partial charge in [-0.2, -0.15) is 18.3 Å². The Kier molecular flexibility index (Phi) is 4.99. The van der Waals surface area contributed by atoms with E-state index in [1.165, 1.54) is 12.3 Å². The van der Waals surface area contributed by atoms with Crippen LogP contribution in [0.5, 0.6) is 11.5 Å². The van der Waals surface area contributed by atoms with Crippen LogP contribution in [0.15, 0.2) is 42.7 Å². The summed E-state index contributed by atoms with van der Waals surface area (Å²) in [5, 5.41) is 6.98. The van der Waals surface area contributed by atoms with Crippen molar-refractivity contribution < 1.29 is 22.7 Å². The smallest absolute Gasteiger partial charge is 0.408 e. The zero-order valence-electron chi connectivity index (χ0n) is 15.3. The maximum Gasteiger partial charge on any atom is 0.408 e. The summed E-state index contributed by atoms with van der Waals surface area (Å²) in [5.74, 6) is 0.724. The summed E-state index contributed by atoms with van der Waals surface area (Å²) in [6.45, 7) is -0.0719. The molecule has 1 N–H and O–H groups in total. The van der Waals surface area contributed by atoms with Crippen LogP contribution in [-0.4, -0.2) is 45.0 Å². The molecule has 0 unspecified atom stereocenters. The molecule has 3 aromatic rings. The summed E-state index contributed by atoms with van der Waals surface area (Å²) in [5.41, 5.74) is 0.209. The first-order chi connectivity index (χ1) is 13.9. The molecule has 1 aliphatic heterocycles. The zero-order chi connectivity index (χ0) is 20.4. The van der Waals surface area contributed by atoms with Gasteiger partial charge in [-0.1, -0.05) is 6.07 Å². The minimum atomic E-state index is -4.46. The Bertz CT molecular complexity index is 1010. The number of carbonyl (C=O) groups is 1. The van der Waals surface area contributed by atoms with Gasteiger partial charge in [0.25, 0.3) is 0 Å². The number of nitrogens with zero attached hydrogens (tertiary/aromatic N) is 4. The van der Waals surface area contributed by atoms with Crippen molar-refractivity contribution in [3.05, 3.63) is 42.7 Å². The number of aromatic nitrogens is 3. The fourth-order valence-corrected chi connectivity index (χ4v) is 3.30. The molecule has 4 rings (SSSR count). The Hall–Kier alpha value is -3.30. The van der Waals surface area contributed by atoms with Crippen molar-refractivity contribution >= 4 is 22.8 Å². The minimum Gasteiger partial charge on any atom is -0.455 e. The van der Waals surface area contributed by atoms with E-state index in [9.17, 15) is 18.0 Å². The molecule has 0 saturated carbocycles. The van der Waals surface area contributed by atoms with E-state index < -0.39 is 18.8 Å². The average molecular weight is 405 g/mol. The maximum absolute atomic E-state index is 13.0. The fourth-order valence-electron chi connectivity index (χ4n) is 3.30. The van der Waals surface area contributed by atoms with Crippen LogP contribution in [0.2, 0.25) is 0 Å². The predicted molar refractivity (Wildman–Crippen MR) is 99.9 cm³/mol. The van der Waals surface area contributed by atoms with E-state index in [1.54, 1.807) is 35.4 Å². The highest BCUT2D eigenvalue weighted by Crippen LogP contribution is 2.36. The van der Waals surface area contributed by atoms with Gasteiger partial charge in [0.05, 0.1) is 17.1 Å². The molecule has 1 aromatic carbocycles. The van der Waals surface area contributed by atoms with Crippen molar-refractivity contribution in [2.75, 3.05) is 18.4 Å². The Labute approximate surface area is 164 Å². The Balaban J connectivity index is 1.75. The molecule has 0 aliphatic carbocycles. The second-order valence-electron chi connectivity index (χ2n) is 6.69. The number of anilines is 1. The quantitative estimate of drug-likeness (QED) is 0.698. The molecule has 2 amide bonds. The molecule has 0 radical (unpaired) electrons. The molecule has 2 aromatic heterocycles. The molecule has 1 saturated heterocycles. The molecule has 10 heteroatoms. The molecule has 0 atom stereocenters. The van der Waals surface area contributed by atoms with Crippen LogP contribution < -0.4 is 10.1 Å². The topological polar surface area (TPSA) is 72.3 Å². The Morgan fingerprint density at radius 1 is 1.17 bits per heavy atom. The maximum atomic E-state index is 13.0. The molecule has 152 valence electrons. The normalized spacial score (nSPS) is 14.4. The number of hydrogen-bond donors (Lipinski definition) is 1. The van der Waals surface area contributed by atoms with Crippen LogP contribution in [0.25, 0.3) is 10.9 Å². The molecule has 0 bridgehead atoms. The second-order valence-corrected chi connectivity index (χ2v) is 6.69. The lowest BCUT2D eigenvalue weighted by molar-refractivity contribution is -0.141. The number of likely N-dealkylation sites (tertiary alicyclic amines) is 1. The fraction of sp³-hybridized carbons (Fsp3) is 0.316. The Morgan fingerprint density at radius 2 is 1.97 bits per heavy atom. The summed E-state index contributed by atoms with van der Waals surface area (Å²) >= 11 is 0. The SMILES string of the molecule is O=C(Nc1nn(CC(F)(F)F)c2cccc(Oc3cccnc3)c12)N1CCCC1. The number of amides is 2. The van der Waals surface area contributed by atoms with E-state index in [-0.39, 0.29) is 17.1 Å². The van der Waals surface area contributed by atoms with Crippen molar-refractivity contribution in [2.24, 2.45) is 0 Å². The standard InChI is InChI=1S/C19H18F3N5O2/c20-19(21,22)12-27-14-6-3-7-15(29-13-5-4-8-23-11-13)16(14)17(25-27)24-18(28)26-9-1-2-10-26/h3-8,11H,1-2,9-10,12H2,(H,24,25,28). The van der Waals surface area contributed by atoms with Crippen molar-refractivity contribution in [3.8, 4) is 11.5 Å². The van der Waals surface area contributed by atoms with Gasteiger partial charge in [0.1, 0.15) is 18.0 Å². The van der Waals surface area contributed by atoms with Gasteiger partial charge in [0, 0.05) is 19.3 Å². The molecule has 1 fully saturated rings. The Morgan fingerprint density at radius 3 is 2.66 bits per heavy atom. The number of fused-ring (bicyclic) bond motifs is 1. The van der Waals surface area contributed by atoms with Gasteiger partial charge in [-0.05, 0) is 37.1 Å². The lowest BCUT2D eigenvalue weighted by atomic mass is 10.2. The van der Waals surface area contributed by atoms with Gasteiger partial charge >= 0.3 is 12.2 Å². The van der Waals surface area contributed by atoms with Crippen LogP contribution in [0.1, 0.15) is 12.8 Å². The summed E-state index contributed by atoms with van der Waals surface area (Å²) in [6.07, 6.45) is 0.394. The number of alkyl halides is 3. The number of hydrogen-bond acceptors (Lipinski definition) is 4. The number of pyridine rings is 1. The molecular formula is C19H18F3N5O2. The van der Waals surface area contributed by atoms with E-state index in [2.05, 4.69) is 15.4 Å². The number of carbonyl (C=O) groups excluding carboxylic acids is 1. The third kappa shape index (κ3) is 4.25. The first-order valence-electron chi connectivity index (χ1n) is 9.11. The summed E-state index contributed by atoms with van der Waals surface area (Å²) < 4.78 is 45.8. The van der Waals surface area contributed by atoms with E-state index in [4.69, 9.17) is 4.74 Å². The van der Waals surface area contributed by atoms with Gasteiger partial charge in [-0.15, -0.1) is 0 Å². The van der Waals surface area contributed by atoms with Crippen LogP contribution in [0, 0.1) is 0 Å². The number of urea groups is 1. The highest BCUT2D eigenvalue weighted by molar-refractivity contribution is 6.02. The minimum absolute atomic E-state index is 0.0284. The molecule has 3 heterocycles. The van der Waals surface area contributed by atoms with Gasteiger partial charge < -0.3 is 9.64 Å². The third-order valence-electron chi connectivity index (χ3n) is 4.55. The van der Waals surface area contributed by atoms with E-state index in [0.717, 1.165) is 17.5 Å². The molecule has 0 spiro atoms. The van der Waals surface area contributed by atoms with Gasteiger partial charge in [-0.25, -0.2) is 4.79 Å². The van der Waals surface area contributed by atoms with Gasteiger partial charge in [0.15, 0.2) is 5.82 Å². The first-order valence-corrected chi connectivity index (χ1v) is 9.11. The number of benzene rings is 1. The molecule has 7 nitrogen and oxygen atoms in total. The van der Waals surface area contributed by atoms with Crippen molar-refractivity contribution in [2.45, 2.75) is 25.6 Å². The lowest BCUT2D eigenvalue weighted by Gasteiger charge is -2.15. The van der Waals surface area contributed by atoms with Crippen LogP contribution in [0.4, 0.5) is 23.8 Å². The largest absolute Gasteiger partial charge is 0.455 e. The summed E-state index contributed by atoms with van der Waals surface area (Å²) in [6, 6.07) is 7.66. The van der Waals surface area contributed by atoms with Crippen molar-refractivity contribution in [3.63, 3.8) is 0 Å². The van der Waals surface area contributed by atoms with Gasteiger partial charge in [-0.3, -0.25) is 15.0 Å². The van der Waals surface area contributed by atoms with E-state index in [0.29, 0.717) is 24.2 Å². The highest BCUT2D eigenvalue weighted by Gasteiger charge is 2.31. The number of ether oxygens (including phenoxy) is 1. The van der Waals surface area contributed by atoms with E-state index in [1.807, 2.05) is 0 Å². The van der Waals surface area contributed by atoms with Crippen molar-refractivity contribution in [1.29, 1.82) is 0 Å². The van der Waals surface area contributed by atoms with E-state index >= 15 is 0 Å². The van der Waals surface area contributed by atoms with Crippen molar-refractivity contribution in [1.82, 2.24) is 19.7 Å². The molecule has 1 aliphatic rings. The zero-order valence-corrected chi connectivity index (χ0v) is 15.3. The number of nitrogens with one attached hydrogen (secondary N) is 1. The van der Waals surface area contributed by atoms with Crippen LogP contribution >= 0.6 is 0 Å². The average Bonchev–Trinajstić information content (AvgIpc) is 3.31. The molecular weight excluding hydrogens is 387 g/mol. The van der Waals surface area contributed by atoms with Gasteiger partial charge in [0.2, 0.25) is 0 Å². The lowest BCUT2D eigenvalue weighted by Crippen LogP contribution is -2.32.